The van der Waals surface area contributed by atoms with Crippen LogP contribution < -0.4 is 5.32 Å². The van der Waals surface area contributed by atoms with E-state index >= 15 is 0 Å². The number of halogens is 2. The zero-order chi connectivity index (χ0) is 31.6. The molecule has 0 unspecified atom stereocenters. The van der Waals surface area contributed by atoms with Gasteiger partial charge in [0.05, 0.1) is 18.0 Å². The first-order chi connectivity index (χ1) is 20.9. The number of rotatable bonds is 9. The lowest BCUT2D eigenvalue weighted by molar-refractivity contribution is -0.149. The van der Waals surface area contributed by atoms with Crippen LogP contribution in [0.25, 0.3) is 10.1 Å². The first kappa shape index (κ1) is 32.2. The van der Waals surface area contributed by atoms with Crippen molar-refractivity contribution in [2.45, 2.75) is 56.5 Å². The summed E-state index contributed by atoms with van der Waals surface area (Å²) in [6.45, 7) is 3.44. The van der Waals surface area contributed by atoms with Gasteiger partial charge in [0.1, 0.15) is 18.2 Å². The topological polar surface area (TPSA) is 136 Å². The summed E-state index contributed by atoms with van der Waals surface area (Å²) in [5.74, 6) is -1.08. The van der Waals surface area contributed by atoms with Crippen LogP contribution in [0.5, 0.6) is 0 Å². The molecule has 2 aliphatic rings. The van der Waals surface area contributed by atoms with E-state index in [0.29, 0.717) is 56.6 Å². The van der Waals surface area contributed by atoms with Crippen LogP contribution in [0.3, 0.4) is 0 Å². The molecule has 14 heteroatoms. The highest BCUT2D eigenvalue weighted by atomic mass is 32.1. The van der Waals surface area contributed by atoms with Gasteiger partial charge in [-0.1, -0.05) is 49.7 Å². The van der Waals surface area contributed by atoms with Crippen LogP contribution in [-0.4, -0.2) is 75.6 Å². The molecule has 5 rings (SSSR count). The zero-order valence-corrected chi connectivity index (χ0v) is 25.7. The van der Waals surface area contributed by atoms with Crippen molar-refractivity contribution in [3.63, 3.8) is 0 Å². The van der Waals surface area contributed by atoms with Crippen LogP contribution >= 0.6 is 18.9 Å². The van der Waals surface area contributed by atoms with E-state index in [1.54, 1.807) is 9.80 Å². The van der Waals surface area contributed by atoms with Crippen molar-refractivity contribution in [3.8, 4) is 0 Å². The van der Waals surface area contributed by atoms with Crippen LogP contribution in [-0.2, 0) is 24.6 Å². The molecule has 0 spiro atoms. The summed E-state index contributed by atoms with van der Waals surface area (Å²) in [6.07, 6.45) is 1.83. The Morgan fingerprint density at radius 1 is 1.14 bits per heavy atom. The van der Waals surface area contributed by atoms with E-state index in [0.717, 1.165) is 29.0 Å². The third-order valence-corrected chi connectivity index (χ3v) is 10.1. The van der Waals surface area contributed by atoms with Gasteiger partial charge in [-0.3, -0.25) is 18.9 Å². The van der Waals surface area contributed by atoms with Crippen molar-refractivity contribution in [1.82, 2.24) is 15.1 Å². The van der Waals surface area contributed by atoms with Gasteiger partial charge < -0.3 is 29.6 Å². The van der Waals surface area contributed by atoms with Crippen LogP contribution in [0.15, 0.2) is 54.6 Å². The first-order valence-corrected chi connectivity index (χ1v) is 16.9. The predicted octanol–water partition coefficient (Wildman–Crippen LogP) is 4.62. The van der Waals surface area contributed by atoms with Gasteiger partial charge in [0.25, 0.3) is 5.91 Å². The number of nitrogens with zero attached hydrogens (tertiary/aromatic N) is 2. The van der Waals surface area contributed by atoms with Crippen molar-refractivity contribution < 1.29 is 42.3 Å². The summed E-state index contributed by atoms with van der Waals surface area (Å²) in [5, 5.41) is 2.99. The summed E-state index contributed by atoms with van der Waals surface area (Å²) in [6, 6.07) is 12.6. The second kappa shape index (κ2) is 13.0. The molecule has 0 saturated carbocycles. The number of morpholine rings is 1. The highest BCUT2D eigenvalue weighted by Crippen LogP contribution is 2.59. The lowest BCUT2D eigenvalue weighted by Crippen LogP contribution is -2.55. The normalized spacial score (nSPS) is 20.1. The minimum Gasteiger partial charge on any atom is -0.370 e. The molecule has 44 heavy (non-hydrogen) atoms. The molecular formula is C30H34F2N3O7PS. The van der Waals surface area contributed by atoms with Gasteiger partial charge in [0.2, 0.25) is 11.8 Å². The van der Waals surface area contributed by atoms with Crippen LogP contribution in [0.4, 0.5) is 8.78 Å². The first-order valence-electron chi connectivity index (χ1n) is 14.4. The molecule has 3 aromatic rings. The number of amides is 3. The number of nitrogens with one attached hydrogen (secondary N) is 1. The smallest absolute Gasteiger partial charge is 0.370 e. The molecule has 10 nitrogen and oxygen atoms in total. The van der Waals surface area contributed by atoms with E-state index in [-0.39, 0.29) is 28.2 Å². The molecule has 2 saturated heterocycles. The van der Waals surface area contributed by atoms with Gasteiger partial charge in [0.15, 0.2) is 0 Å². The molecule has 236 valence electrons. The Morgan fingerprint density at radius 2 is 1.89 bits per heavy atom. The maximum absolute atomic E-state index is 14.2. The van der Waals surface area contributed by atoms with Crippen molar-refractivity contribution in [1.29, 1.82) is 0 Å². The second-order valence-corrected chi connectivity index (χ2v) is 13.7. The average molecular weight is 650 g/mol. The fraction of sp³-hybridized carbons (Fsp3) is 0.433. The third-order valence-electron chi connectivity index (χ3n) is 8.00. The summed E-state index contributed by atoms with van der Waals surface area (Å²) in [7, 11) is -5.75. The van der Waals surface area contributed by atoms with Gasteiger partial charge >= 0.3 is 13.3 Å². The van der Waals surface area contributed by atoms with Crippen LogP contribution in [0, 0.1) is 0 Å². The average Bonchev–Trinajstić information content (AvgIpc) is 3.67. The molecule has 3 N–H and O–H groups in total. The zero-order valence-electron chi connectivity index (χ0n) is 24.0. The van der Waals surface area contributed by atoms with Crippen LogP contribution in [0.2, 0.25) is 0 Å². The number of fused-ring (bicyclic) bond motifs is 1. The number of hydrogen-bond donors (Lipinski definition) is 3. The molecule has 2 fully saturated rings. The number of benzene rings is 2. The van der Waals surface area contributed by atoms with Crippen molar-refractivity contribution in [2.75, 3.05) is 26.2 Å². The Hall–Kier alpha value is -3.22. The standard InChI is InChI=1S/C30H34F2N3O7PS/c1-2-7-22(33-27(36)26-17-20-16-21(11-12-25(20)44-26)30(31,32)43(39,40)41)28(37)35-13-6-10-23(35)29(38)34-14-15-42-24(18-34)19-8-4-3-5-9-19/h3-5,8-9,11-12,16-17,22-24H,2,6-7,10,13-15,18H2,1H3,(H,33,36)(H2,39,40,41)/t22-,23-,24+/m0/s1. The summed E-state index contributed by atoms with van der Waals surface area (Å²) in [5.41, 5.74) is -4.26. The molecular weight excluding hydrogens is 615 g/mol. The third kappa shape index (κ3) is 6.57. The molecule has 0 radical (unpaired) electrons. The highest BCUT2D eigenvalue weighted by Gasteiger charge is 2.50. The Labute approximate surface area is 257 Å². The Balaban J connectivity index is 1.29. The minimum atomic E-state index is -5.75. The second-order valence-electron chi connectivity index (χ2n) is 11.0. The minimum absolute atomic E-state index is 0.144. The maximum atomic E-state index is 14.2. The largest absolute Gasteiger partial charge is 0.399 e. The number of carbonyl (C=O) groups is 3. The SMILES string of the molecule is CCC[C@H](NC(=O)c1cc2cc(C(F)(F)P(=O)(O)O)ccc2s1)C(=O)N1CCC[C@H]1C(=O)N1CCO[C@@H](c2ccccc2)C1. The Kier molecular flexibility index (Phi) is 9.52. The van der Waals surface area contributed by atoms with Crippen molar-refractivity contribution >= 4 is 46.7 Å². The monoisotopic (exact) mass is 649 g/mol. The van der Waals surface area contributed by atoms with Gasteiger partial charge in [-0.15, -0.1) is 11.3 Å². The van der Waals surface area contributed by atoms with E-state index in [4.69, 9.17) is 14.5 Å². The maximum Gasteiger partial charge on any atom is 0.399 e. The number of thiophene rings is 1. The quantitative estimate of drug-likeness (QED) is 0.288. The van der Waals surface area contributed by atoms with E-state index < -0.39 is 36.8 Å². The molecule has 0 aliphatic carbocycles. The van der Waals surface area contributed by atoms with E-state index in [1.807, 2.05) is 37.3 Å². The fourth-order valence-corrected chi connectivity index (χ4v) is 7.12. The Morgan fingerprint density at radius 3 is 2.59 bits per heavy atom. The number of carbonyl (C=O) groups excluding carboxylic acids is 3. The highest BCUT2D eigenvalue weighted by molar-refractivity contribution is 7.52. The number of alkyl halides is 2. The summed E-state index contributed by atoms with van der Waals surface area (Å²) in [4.78, 5) is 62.3. The summed E-state index contributed by atoms with van der Waals surface area (Å²) >= 11 is 1.01. The number of hydrogen-bond acceptors (Lipinski definition) is 6. The van der Waals surface area contributed by atoms with Gasteiger partial charge in [-0.2, -0.15) is 8.78 Å². The lowest BCUT2D eigenvalue weighted by atomic mass is 10.1. The summed E-state index contributed by atoms with van der Waals surface area (Å²) < 4.78 is 46.1. The molecule has 0 bridgehead atoms. The fourth-order valence-electron chi connectivity index (χ4n) is 5.70. The van der Waals surface area contributed by atoms with E-state index in [1.165, 1.54) is 12.1 Å². The van der Waals surface area contributed by atoms with Gasteiger partial charge in [-0.05, 0) is 48.4 Å². The number of likely N-dealkylation sites (tertiary alicyclic amines) is 1. The van der Waals surface area contributed by atoms with Crippen molar-refractivity contribution in [3.05, 3.63) is 70.6 Å². The molecule has 1 aromatic heterocycles. The van der Waals surface area contributed by atoms with Gasteiger partial charge in [-0.25, -0.2) is 0 Å². The molecule has 2 aliphatic heterocycles. The van der Waals surface area contributed by atoms with Crippen molar-refractivity contribution in [2.24, 2.45) is 0 Å². The lowest BCUT2D eigenvalue weighted by Gasteiger charge is -2.37. The van der Waals surface area contributed by atoms with Crippen LogP contribution in [0.1, 0.15) is 59.5 Å². The van der Waals surface area contributed by atoms with Gasteiger partial charge in [0, 0.05) is 23.4 Å². The Bertz CT molecular complexity index is 1580. The molecule has 3 heterocycles. The predicted molar refractivity (Wildman–Crippen MR) is 160 cm³/mol. The number of ether oxygens (including phenoxy) is 1. The molecule has 3 atom stereocenters. The van der Waals surface area contributed by atoms with E-state index in [9.17, 15) is 27.7 Å². The van der Waals surface area contributed by atoms with E-state index in [2.05, 4.69) is 5.32 Å². The molecule has 2 aromatic carbocycles. The molecule has 3 amide bonds.